The third kappa shape index (κ3) is 1.71. The van der Waals surface area contributed by atoms with Crippen molar-refractivity contribution in [1.29, 1.82) is 0 Å². The van der Waals surface area contributed by atoms with Gasteiger partial charge in [-0.1, -0.05) is 11.6 Å². The van der Waals surface area contributed by atoms with Gasteiger partial charge in [-0.15, -0.1) is 0 Å². The van der Waals surface area contributed by atoms with Crippen LogP contribution in [0.5, 0.6) is 0 Å². The van der Waals surface area contributed by atoms with Gasteiger partial charge in [-0.25, -0.2) is 9.78 Å². The molecule has 4 nitrogen and oxygen atoms in total. The number of carbonyl (C=O) groups excluding carboxylic acids is 1. The van der Waals surface area contributed by atoms with Crippen LogP contribution in [0.25, 0.3) is 0 Å². The number of halogens is 1. The monoisotopic (exact) mass is 175 g/mol. The molecule has 0 radical (unpaired) electrons. The summed E-state index contributed by atoms with van der Waals surface area (Å²) in [5.74, 6) is -0.636. The van der Waals surface area contributed by atoms with Crippen LogP contribution in [-0.4, -0.2) is 17.6 Å². The van der Waals surface area contributed by atoms with E-state index in [9.17, 15) is 4.79 Å². The van der Waals surface area contributed by atoms with Crippen molar-refractivity contribution < 1.29 is 13.9 Å². The molecule has 0 atom stereocenters. The van der Waals surface area contributed by atoms with E-state index in [0.29, 0.717) is 0 Å². The van der Waals surface area contributed by atoms with Gasteiger partial charge in [-0.3, -0.25) is 0 Å². The SMILES string of the molecule is CCOC(=O)c1ocnc1Cl. The third-order valence-corrected chi connectivity index (χ3v) is 1.25. The molecule has 0 saturated heterocycles. The van der Waals surface area contributed by atoms with E-state index in [0.717, 1.165) is 6.39 Å². The average molecular weight is 176 g/mol. The molecule has 5 heteroatoms. The number of oxazole rings is 1. The minimum absolute atomic E-state index is 0.0310. The highest BCUT2D eigenvalue weighted by molar-refractivity contribution is 6.31. The number of hydrogen-bond acceptors (Lipinski definition) is 4. The summed E-state index contributed by atoms with van der Waals surface area (Å²) in [5.41, 5.74) is 0. The molecule has 11 heavy (non-hydrogen) atoms. The van der Waals surface area contributed by atoms with Gasteiger partial charge in [-0.05, 0) is 6.92 Å². The Labute approximate surface area is 68.1 Å². The van der Waals surface area contributed by atoms with Crippen LogP contribution < -0.4 is 0 Å². The summed E-state index contributed by atoms with van der Waals surface area (Å²) in [6.45, 7) is 1.98. The lowest BCUT2D eigenvalue weighted by Gasteiger charge is -1.95. The lowest BCUT2D eigenvalue weighted by molar-refractivity contribution is 0.0490. The number of hydrogen-bond donors (Lipinski definition) is 0. The molecule has 0 unspecified atom stereocenters. The van der Waals surface area contributed by atoms with Crippen molar-refractivity contribution in [3.05, 3.63) is 17.3 Å². The normalized spacial score (nSPS) is 9.64. The summed E-state index contributed by atoms with van der Waals surface area (Å²) in [4.78, 5) is 14.4. The molecule has 0 aromatic carbocycles. The fourth-order valence-corrected chi connectivity index (χ4v) is 0.723. The Morgan fingerprint density at radius 3 is 3.09 bits per heavy atom. The molecule has 1 rings (SSSR count). The van der Waals surface area contributed by atoms with Gasteiger partial charge in [0.15, 0.2) is 11.5 Å². The molecular formula is C6H6ClNO3. The minimum Gasteiger partial charge on any atom is -0.460 e. The topological polar surface area (TPSA) is 52.3 Å². The first-order valence-corrected chi connectivity index (χ1v) is 3.39. The lowest BCUT2D eigenvalue weighted by atomic mass is 10.5. The van der Waals surface area contributed by atoms with E-state index >= 15 is 0 Å². The van der Waals surface area contributed by atoms with E-state index in [-0.39, 0.29) is 17.5 Å². The van der Waals surface area contributed by atoms with E-state index in [4.69, 9.17) is 11.6 Å². The van der Waals surface area contributed by atoms with Crippen molar-refractivity contribution in [3.63, 3.8) is 0 Å². The highest BCUT2D eigenvalue weighted by Gasteiger charge is 2.15. The van der Waals surface area contributed by atoms with Crippen LogP contribution >= 0.6 is 11.6 Å². The molecule has 0 spiro atoms. The van der Waals surface area contributed by atoms with Crippen LogP contribution in [0.3, 0.4) is 0 Å². The predicted molar refractivity (Wildman–Crippen MR) is 37.5 cm³/mol. The van der Waals surface area contributed by atoms with E-state index in [1.165, 1.54) is 0 Å². The summed E-state index contributed by atoms with van der Waals surface area (Å²) in [6.07, 6.45) is 1.09. The van der Waals surface area contributed by atoms with Crippen LogP contribution in [0.1, 0.15) is 17.5 Å². The summed E-state index contributed by atoms with van der Waals surface area (Å²) < 4.78 is 9.27. The first-order valence-electron chi connectivity index (χ1n) is 3.01. The minimum atomic E-state index is -0.588. The molecule has 0 aliphatic carbocycles. The molecule has 0 bridgehead atoms. The zero-order valence-corrected chi connectivity index (χ0v) is 6.59. The molecule has 0 fully saturated rings. The third-order valence-electron chi connectivity index (χ3n) is 0.985. The highest BCUT2D eigenvalue weighted by Crippen LogP contribution is 2.13. The van der Waals surface area contributed by atoms with Gasteiger partial charge in [0.25, 0.3) is 5.76 Å². The molecular weight excluding hydrogens is 170 g/mol. The molecule has 1 heterocycles. The maximum atomic E-state index is 10.9. The van der Waals surface area contributed by atoms with Crippen molar-refractivity contribution in [1.82, 2.24) is 4.98 Å². The number of ether oxygens (including phenoxy) is 1. The summed E-state index contributed by atoms with van der Waals surface area (Å²) in [5, 5.41) is 0.0310. The standard InChI is InChI=1S/C6H6ClNO3/c1-2-10-6(9)4-5(7)8-3-11-4/h3H,2H2,1H3. The predicted octanol–water partition coefficient (Wildman–Crippen LogP) is 1.50. The van der Waals surface area contributed by atoms with Gasteiger partial charge in [-0.2, -0.15) is 0 Å². The second-order valence-electron chi connectivity index (χ2n) is 1.69. The quantitative estimate of drug-likeness (QED) is 0.640. The first kappa shape index (κ1) is 8.07. The Morgan fingerprint density at radius 2 is 2.64 bits per heavy atom. The van der Waals surface area contributed by atoms with Gasteiger partial charge in [0.05, 0.1) is 6.61 Å². The fourth-order valence-electron chi connectivity index (χ4n) is 0.562. The van der Waals surface area contributed by atoms with Crippen LogP contribution in [0, 0.1) is 0 Å². The smallest absolute Gasteiger partial charge is 0.377 e. The van der Waals surface area contributed by atoms with Crippen LogP contribution in [0.2, 0.25) is 5.15 Å². The molecule has 0 saturated carbocycles. The van der Waals surface area contributed by atoms with E-state index in [1.54, 1.807) is 6.92 Å². The molecule has 1 aromatic rings. The van der Waals surface area contributed by atoms with E-state index in [1.807, 2.05) is 0 Å². The van der Waals surface area contributed by atoms with Crippen molar-refractivity contribution in [2.75, 3.05) is 6.61 Å². The van der Waals surface area contributed by atoms with Crippen LogP contribution in [0.4, 0.5) is 0 Å². The van der Waals surface area contributed by atoms with Gasteiger partial charge >= 0.3 is 5.97 Å². The number of nitrogens with zero attached hydrogens (tertiary/aromatic N) is 1. The molecule has 0 aliphatic heterocycles. The Morgan fingerprint density at radius 1 is 1.91 bits per heavy atom. The number of aromatic nitrogens is 1. The maximum Gasteiger partial charge on any atom is 0.377 e. The Kier molecular flexibility index (Phi) is 2.48. The van der Waals surface area contributed by atoms with Crippen molar-refractivity contribution in [3.8, 4) is 0 Å². The Balaban J connectivity index is 2.76. The van der Waals surface area contributed by atoms with Crippen LogP contribution in [-0.2, 0) is 4.74 Å². The van der Waals surface area contributed by atoms with E-state index in [2.05, 4.69) is 14.1 Å². The number of carbonyl (C=O) groups is 1. The number of esters is 1. The average Bonchev–Trinajstić information content (AvgIpc) is 2.36. The summed E-state index contributed by atoms with van der Waals surface area (Å²) >= 11 is 5.46. The maximum absolute atomic E-state index is 10.9. The summed E-state index contributed by atoms with van der Waals surface area (Å²) in [6, 6.07) is 0. The lowest BCUT2D eigenvalue weighted by Crippen LogP contribution is -2.03. The van der Waals surface area contributed by atoms with Crippen molar-refractivity contribution in [2.24, 2.45) is 0 Å². The molecule has 0 amide bonds. The number of rotatable bonds is 2. The Bertz CT molecular complexity index is 258. The molecule has 60 valence electrons. The molecule has 0 aliphatic rings. The van der Waals surface area contributed by atoms with Crippen molar-refractivity contribution in [2.45, 2.75) is 6.92 Å². The zero-order valence-electron chi connectivity index (χ0n) is 5.83. The second kappa shape index (κ2) is 3.39. The largest absolute Gasteiger partial charge is 0.460 e. The van der Waals surface area contributed by atoms with E-state index < -0.39 is 5.97 Å². The van der Waals surface area contributed by atoms with Gasteiger partial charge in [0.2, 0.25) is 0 Å². The molecule has 1 aromatic heterocycles. The van der Waals surface area contributed by atoms with Crippen LogP contribution in [0.15, 0.2) is 10.8 Å². The fraction of sp³-hybridized carbons (Fsp3) is 0.333. The molecule has 0 N–H and O–H groups in total. The van der Waals surface area contributed by atoms with Gasteiger partial charge in [0, 0.05) is 0 Å². The second-order valence-corrected chi connectivity index (χ2v) is 2.05. The first-order chi connectivity index (χ1) is 5.25. The summed E-state index contributed by atoms with van der Waals surface area (Å²) in [7, 11) is 0. The zero-order chi connectivity index (χ0) is 8.27. The van der Waals surface area contributed by atoms with Gasteiger partial charge < -0.3 is 9.15 Å². The highest BCUT2D eigenvalue weighted by atomic mass is 35.5. The van der Waals surface area contributed by atoms with Crippen molar-refractivity contribution >= 4 is 17.6 Å². The van der Waals surface area contributed by atoms with Gasteiger partial charge in [0.1, 0.15) is 0 Å². The Hall–Kier alpha value is -1.03.